The predicted octanol–water partition coefficient (Wildman–Crippen LogP) is 2.88. The summed E-state index contributed by atoms with van der Waals surface area (Å²) < 4.78 is 5.08. The van der Waals surface area contributed by atoms with E-state index >= 15 is 0 Å². The van der Waals surface area contributed by atoms with E-state index in [1.807, 2.05) is 37.3 Å². The smallest absolute Gasteiger partial charge is 0.213 e. The van der Waals surface area contributed by atoms with Crippen LogP contribution in [0, 0.1) is 6.92 Å². The number of methoxy groups -OCH3 is 1. The number of aromatic nitrogens is 1. The molecule has 0 unspecified atom stereocenters. The molecule has 17 heavy (non-hydrogen) atoms. The quantitative estimate of drug-likeness (QED) is 0.757. The summed E-state index contributed by atoms with van der Waals surface area (Å²) in [6.45, 7) is 1.92. The van der Waals surface area contributed by atoms with E-state index in [9.17, 15) is 4.79 Å². The highest BCUT2D eigenvalue weighted by atomic mass is 16.5. The Morgan fingerprint density at radius 1 is 1.18 bits per heavy atom. The first-order chi connectivity index (χ1) is 8.24. The van der Waals surface area contributed by atoms with Crippen molar-refractivity contribution in [1.29, 1.82) is 0 Å². The number of carbonyl (C=O) groups excluding carboxylic acids is 1. The molecule has 0 aliphatic carbocycles. The summed E-state index contributed by atoms with van der Waals surface area (Å²) >= 11 is 0. The number of aldehydes is 1. The van der Waals surface area contributed by atoms with E-state index in [0.29, 0.717) is 11.4 Å². The van der Waals surface area contributed by atoms with Crippen LogP contribution in [0.25, 0.3) is 11.1 Å². The predicted molar refractivity (Wildman–Crippen MR) is 66.3 cm³/mol. The number of ether oxygens (including phenoxy) is 1. The second-order valence-corrected chi connectivity index (χ2v) is 3.78. The Balaban J connectivity index is 2.48. The summed E-state index contributed by atoms with van der Waals surface area (Å²) in [6, 6.07) is 9.53. The molecule has 1 aromatic heterocycles. The molecular formula is C14H13NO2. The number of rotatable bonds is 3. The lowest BCUT2D eigenvalue weighted by atomic mass is 10.0. The van der Waals surface area contributed by atoms with Gasteiger partial charge >= 0.3 is 0 Å². The van der Waals surface area contributed by atoms with Crippen molar-refractivity contribution < 1.29 is 9.53 Å². The van der Waals surface area contributed by atoms with E-state index in [1.165, 1.54) is 0 Å². The van der Waals surface area contributed by atoms with Gasteiger partial charge in [-0.1, -0.05) is 12.1 Å². The Labute approximate surface area is 100 Å². The van der Waals surface area contributed by atoms with Crippen molar-refractivity contribution in [3.63, 3.8) is 0 Å². The second-order valence-electron chi connectivity index (χ2n) is 3.78. The van der Waals surface area contributed by atoms with Crippen LogP contribution in [-0.4, -0.2) is 18.4 Å². The third-order valence-corrected chi connectivity index (χ3v) is 2.68. The SMILES string of the molecule is COc1cc(-c2ccc(C)c(C=O)c2)ccn1. The molecule has 0 aliphatic rings. The number of pyridine rings is 1. The molecule has 0 radical (unpaired) electrons. The summed E-state index contributed by atoms with van der Waals surface area (Å²) in [5.41, 5.74) is 3.65. The van der Waals surface area contributed by atoms with Gasteiger partial charge in [-0.15, -0.1) is 0 Å². The first kappa shape index (κ1) is 11.3. The molecule has 0 atom stereocenters. The average molecular weight is 227 g/mol. The monoisotopic (exact) mass is 227 g/mol. The highest BCUT2D eigenvalue weighted by Gasteiger charge is 2.03. The Hall–Kier alpha value is -2.16. The standard InChI is InChI=1S/C14H13NO2/c1-10-3-4-11(7-13(10)9-16)12-5-6-15-14(8-12)17-2/h3-9H,1-2H3. The van der Waals surface area contributed by atoms with Crippen LogP contribution < -0.4 is 4.74 Å². The molecule has 0 fully saturated rings. The number of benzene rings is 1. The van der Waals surface area contributed by atoms with Gasteiger partial charge in [0.05, 0.1) is 7.11 Å². The number of carbonyl (C=O) groups is 1. The van der Waals surface area contributed by atoms with Crippen LogP contribution in [0.3, 0.4) is 0 Å². The highest BCUT2D eigenvalue weighted by molar-refractivity contribution is 5.81. The van der Waals surface area contributed by atoms with Crippen molar-refractivity contribution in [2.45, 2.75) is 6.92 Å². The van der Waals surface area contributed by atoms with Gasteiger partial charge in [-0.25, -0.2) is 4.98 Å². The molecule has 0 aliphatic heterocycles. The Bertz CT molecular complexity index is 550. The fraction of sp³-hybridized carbons (Fsp3) is 0.143. The van der Waals surface area contributed by atoms with Crippen LogP contribution in [0.2, 0.25) is 0 Å². The normalized spacial score (nSPS) is 10.0. The molecule has 2 aromatic rings. The maximum absolute atomic E-state index is 10.9. The fourth-order valence-corrected chi connectivity index (χ4v) is 1.65. The number of nitrogens with zero attached hydrogens (tertiary/aromatic N) is 1. The van der Waals surface area contributed by atoms with E-state index in [2.05, 4.69) is 4.98 Å². The first-order valence-electron chi connectivity index (χ1n) is 5.31. The summed E-state index contributed by atoms with van der Waals surface area (Å²) in [6.07, 6.45) is 2.56. The van der Waals surface area contributed by atoms with E-state index in [4.69, 9.17) is 4.74 Å². The Kier molecular flexibility index (Phi) is 3.19. The Morgan fingerprint density at radius 2 is 1.94 bits per heavy atom. The third-order valence-electron chi connectivity index (χ3n) is 2.68. The molecule has 0 N–H and O–H groups in total. The highest BCUT2D eigenvalue weighted by Crippen LogP contribution is 2.23. The minimum Gasteiger partial charge on any atom is -0.481 e. The van der Waals surface area contributed by atoms with Crippen LogP contribution >= 0.6 is 0 Å². The van der Waals surface area contributed by atoms with Crippen molar-refractivity contribution >= 4 is 6.29 Å². The molecule has 0 saturated heterocycles. The third kappa shape index (κ3) is 2.33. The van der Waals surface area contributed by atoms with Gasteiger partial charge in [0.15, 0.2) is 0 Å². The largest absolute Gasteiger partial charge is 0.481 e. The number of hydrogen-bond acceptors (Lipinski definition) is 3. The van der Waals surface area contributed by atoms with Crippen molar-refractivity contribution in [3.8, 4) is 17.0 Å². The van der Waals surface area contributed by atoms with Crippen LogP contribution in [0.15, 0.2) is 36.5 Å². The van der Waals surface area contributed by atoms with Gasteiger partial charge < -0.3 is 4.74 Å². The summed E-state index contributed by atoms with van der Waals surface area (Å²) in [7, 11) is 1.58. The zero-order valence-corrected chi connectivity index (χ0v) is 9.81. The molecule has 1 aromatic carbocycles. The fourth-order valence-electron chi connectivity index (χ4n) is 1.65. The molecule has 0 spiro atoms. The molecule has 0 saturated carbocycles. The molecular weight excluding hydrogens is 214 g/mol. The van der Waals surface area contributed by atoms with Crippen molar-refractivity contribution in [2.24, 2.45) is 0 Å². The lowest BCUT2D eigenvalue weighted by molar-refractivity contribution is 0.112. The van der Waals surface area contributed by atoms with Gasteiger partial charge in [0, 0.05) is 17.8 Å². The van der Waals surface area contributed by atoms with Gasteiger partial charge in [-0.05, 0) is 35.7 Å². The summed E-state index contributed by atoms with van der Waals surface area (Å²) in [5.74, 6) is 0.565. The number of hydrogen-bond donors (Lipinski definition) is 0. The molecule has 0 amide bonds. The lowest BCUT2D eigenvalue weighted by Crippen LogP contribution is -1.90. The number of aryl methyl sites for hydroxylation is 1. The van der Waals surface area contributed by atoms with Crippen LogP contribution in [-0.2, 0) is 0 Å². The van der Waals surface area contributed by atoms with Crippen molar-refractivity contribution in [2.75, 3.05) is 7.11 Å². The van der Waals surface area contributed by atoms with Gasteiger partial charge in [0.25, 0.3) is 0 Å². The second kappa shape index (κ2) is 4.78. The van der Waals surface area contributed by atoms with E-state index in [-0.39, 0.29) is 0 Å². The molecule has 3 heteroatoms. The van der Waals surface area contributed by atoms with Crippen LogP contribution in [0.4, 0.5) is 0 Å². The minimum atomic E-state index is 0.565. The van der Waals surface area contributed by atoms with Gasteiger partial charge in [0.1, 0.15) is 6.29 Å². The zero-order valence-electron chi connectivity index (χ0n) is 9.81. The topological polar surface area (TPSA) is 39.2 Å². The first-order valence-corrected chi connectivity index (χ1v) is 5.31. The van der Waals surface area contributed by atoms with Crippen molar-refractivity contribution in [3.05, 3.63) is 47.7 Å². The molecule has 3 nitrogen and oxygen atoms in total. The zero-order chi connectivity index (χ0) is 12.3. The molecule has 86 valence electrons. The van der Waals surface area contributed by atoms with E-state index in [1.54, 1.807) is 13.3 Å². The maximum Gasteiger partial charge on any atom is 0.213 e. The van der Waals surface area contributed by atoms with Gasteiger partial charge in [-0.3, -0.25) is 4.79 Å². The average Bonchev–Trinajstić information content (AvgIpc) is 2.39. The molecule has 0 bridgehead atoms. The molecule has 2 rings (SSSR count). The molecule has 1 heterocycles. The van der Waals surface area contributed by atoms with E-state index < -0.39 is 0 Å². The summed E-state index contributed by atoms with van der Waals surface area (Å²) in [5, 5.41) is 0. The minimum absolute atomic E-state index is 0.565. The van der Waals surface area contributed by atoms with Gasteiger partial charge in [0.2, 0.25) is 5.88 Å². The lowest BCUT2D eigenvalue weighted by Gasteiger charge is -2.06. The van der Waals surface area contributed by atoms with Gasteiger partial charge in [-0.2, -0.15) is 0 Å². The summed E-state index contributed by atoms with van der Waals surface area (Å²) in [4.78, 5) is 14.9. The van der Waals surface area contributed by atoms with Crippen molar-refractivity contribution in [1.82, 2.24) is 4.98 Å². The maximum atomic E-state index is 10.9. The van der Waals surface area contributed by atoms with Crippen LogP contribution in [0.5, 0.6) is 5.88 Å². The van der Waals surface area contributed by atoms with Crippen LogP contribution in [0.1, 0.15) is 15.9 Å². The Morgan fingerprint density at radius 3 is 2.65 bits per heavy atom. The van der Waals surface area contributed by atoms with E-state index in [0.717, 1.165) is 23.0 Å².